The Morgan fingerprint density at radius 2 is 1.49 bits per heavy atom. The van der Waals surface area contributed by atoms with Crippen molar-refractivity contribution in [2.75, 3.05) is 28.4 Å². The summed E-state index contributed by atoms with van der Waals surface area (Å²) in [4.78, 5) is 14.7. The van der Waals surface area contributed by atoms with Gasteiger partial charge in [0.05, 0.1) is 32.7 Å². The normalized spacial score (nSPS) is 10.7. The molecule has 0 saturated carbocycles. The Bertz CT molecular complexity index is 1290. The summed E-state index contributed by atoms with van der Waals surface area (Å²) in [6.45, 7) is 0.376. The predicted molar refractivity (Wildman–Crippen MR) is 136 cm³/mol. The van der Waals surface area contributed by atoms with Gasteiger partial charge in [0.15, 0.2) is 11.5 Å². The minimum absolute atomic E-state index is 0.103. The second-order valence-electron chi connectivity index (χ2n) is 7.95. The molecular weight excluding hydrogens is 466 g/mol. The zero-order valence-corrected chi connectivity index (χ0v) is 20.7. The van der Waals surface area contributed by atoms with Crippen molar-refractivity contribution < 1.29 is 19.0 Å². The maximum atomic E-state index is 13.1. The van der Waals surface area contributed by atoms with E-state index in [0.29, 0.717) is 34.4 Å². The number of carbonyl (C=O) groups is 1. The fourth-order valence-corrected chi connectivity index (χ4v) is 3.95. The van der Waals surface area contributed by atoms with Crippen LogP contribution in [0.5, 0.6) is 17.2 Å². The maximum Gasteiger partial charge on any atom is 0.253 e. The molecule has 0 bridgehead atoms. The molecule has 180 valence electrons. The molecule has 0 radical (unpaired) electrons. The van der Waals surface area contributed by atoms with Crippen LogP contribution in [0.1, 0.15) is 15.9 Å². The van der Waals surface area contributed by atoms with Gasteiger partial charge in [-0.1, -0.05) is 35.9 Å². The Labute approximate surface area is 209 Å². The summed E-state index contributed by atoms with van der Waals surface area (Å²) in [6.07, 6.45) is 0. The van der Waals surface area contributed by atoms with Gasteiger partial charge in [0.25, 0.3) is 5.91 Å². The molecule has 0 aliphatic carbocycles. The molecule has 0 aliphatic heterocycles. The van der Waals surface area contributed by atoms with Crippen LogP contribution in [-0.4, -0.2) is 49.4 Å². The van der Waals surface area contributed by atoms with E-state index in [9.17, 15) is 4.79 Å². The van der Waals surface area contributed by atoms with Gasteiger partial charge in [0.1, 0.15) is 0 Å². The second-order valence-corrected chi connectivity index (χ2v) is 8.38. The standard InChI is InChI=1S/C27H26ClN3O4/c1-31(16-17-13-24(33-2)26(35-4)25(14-17)34-3)27(32)20-7-5-18(6-8-20)22-15-23(30-29-22)19-9-11-21(28)12-10-19/h5-15H,16H2,1-4H3,(H,29,30). The summed E-state index contributed by atoms with van der Waals surface area (Å²) in [5.41, 5.74) is 5.02. The summed E-state index contributed by atoms with van der Waals surface area (Å²) in [7, 11) is 6.44. The molecule has 0 unspecified atom stereocenters. The van der Waals surface area contributed by atoms with Crippen molar-refractivity contribution in [2.24, 2.45) is 0 Å². The van der Waals surface area contributed by atoms with Crippen LogP contribution in [0.3, 0.4) is 0 Å². The lowest BCUT2D eigenvalue weighted by Crippen LogP contribution is -2.26. The summed E-state index contributed by atoms with van der Waals surface area (Å²) in [6, 6.07) is 20.6. The fraction of sp³-hybridized carbons (Fsp3) is 0.185. The van der Waals surface area contributed by atoms with Crippen molar-refractivity contribution in [3.8, 4) is 39.8 Å². The van der Waals surface area contributed by atoms with E-state index < -0.39 is 0 Å². The smallest absolute Gasteiger partial charge is 0.253 e. The number of nitrogens with zero attached hydrogens (tertiary/aromatic N) is 2. The lowest BCUT2D eigenvalue weighted by Gasteiger charge is -2.20. The number of amides is 1. The molecule has 1 heterocycles. The van der Waals surface area contributed by atoms with Crippen LogP contribution in [0.25, 0.3) is 22.5 Å². The van der Waals surface area contributed by atoms with Gasteiger partial charge in [-0.15, -0.1) is 0 Å². The van der Waals surface area contributed by atoms with Crippen molar-refractivity contribution in [1.29, 1.82) is 0 Å². The van der Waals surface area contributed by atoms with Crippen LogP contribution in [0.4, 0.5) is 0 Å². The largest absolute Gasteiger partial charge is 0.493 e. The van der Waals surface area contributed by atoms with Gasteiger partial charge in [-0.05, 0) is 53.6 Å². The highest BCUT2D eigenvalue weighted by Crippen LogP contribution is 2.38. The van der Waals surface area contributed by atoms with Crippen molar-refractivity contribution in [3.05, 3.63) is 82.9 Å². The lowest BCUT2D eigenvalue weighted by atomic mass is 10.1. The molecule has 4 rings (SSSR count). The van der Waals surface area contributed by atoms with E-state index in [1.807, 2.05) is 54.6 Å². The van der Waals surface area contributed by atoms with Crippen molar-refractivity contribution in [1.82, 2.24) is 15.1 Å². The van der Waals surface area contributed by atoms with Gasteiger partial charge >= 0.3 is 0 Å². The number of ether oxygens (including phenoxy) is 3. The highest BCUT2D eigenvalue weighted by molar-refractivity contribution is 6.30. The third-order valence-electron chi connectivity index (χ3n) is 5.65. The number of aromatic nitrogens is 2. The molecule has 8 heteroatoms. The first-order chi connectivity index (χ1) is 16.9. The van der Waals surface area contributed by atoms with Gasteiger partial charge in [-0.25, -0.2) is 0 Å². The van der Waals surface area contributed by atoms with Gasteiger partial charge in [-0.3, -0.25) is 9.89 Å². The Balaban J connectivity index is 1.48. The van der Waals surface area contributed by atoms with E-state index in [0.717, 1.165) is 28.1 Å². The van der Waals surface area contributed by atoms with Gasteiger partial charge in [-0.2, -0.15) is 5.10 Å². The molecule has 0 saturated heterocycles. The quantitative estimate of drug-likeness (QED) is 0.342. The molecule has 35 heavy (non-hydrogen) atoms. The first-order valence-electron chi connectivity index (χ1n) is 10.9. The van der Waals surface area contributed by atoms with Crippen molar-refractivity contribution >= 4 is 17.5 Å². The SMILES string of the molecule is COc1cc(CN(C)C(=O)c2ccc(-c3cc(-c4ccc(Cl)cc4)[nH]n3)cc2)cc(OC)c1OC. The highest BCUT2D eigenvalue weighted by atomic mass is 35.5. The van der Waals surface area contributed by atoms with Gasteiger partial charge < -0.3 is 19.1 Å². The molecule has 1 N–H and O–H groups in total. The number of hydrogen-bond donors (Lipinski definition) is 1. The van der Waals surface area contributed by atoms with Crippen LogP contribution in [0, 0.1) is 0 Å². The Hall–Kier alpha value is -3.97. The molecule has 0 atom stereocenters. The molecule has 7 nitrogen and oxygen atoms in total. The molecule has 3 aromatic carbocycles. The first-order valence-corrected chi connectivity index (χ1v) is 11.3. The molecular formula is C27H26ClN3O4. The highest BCUT2D eigenvalue weighted by Gasteiger charge is 2.17. The number of rotatable bonds is 8. The summed E-state index contributed by atoms with van der Waals surface area (Å²) in [5, 5.41) is 8.15. The average molecular weight is 492 g/mol. The Morgan fingerprint density at radius 1 is 0.886 bits per heavy atom. The van der Waals surface area contributed by atoms with E-state index >= 15 is 0 Å². The number of carbonyl (C=O) groups excluding carboxylic acids is 1. The number of halogens is 1. The number of methoxy groups -OCH3 is 3. The fourth-order valence-electron chi connectivity index (χ4n) is 3.82. The number of aromatic amines is 1. The van der Waals surface area contributed by atoms with E-state index in [1.54, 1.807) is 45.4 Å². The number of H-pyrrole nitrogens is 1. The van der Waals surface area contributed by atoms with Crippen LogP contribution < -0.4 is 14.2 Å². The molecule has 4 aromatic rings. The molecule has 0 aliphatic rings. The topological polar surface area (TPSA) is 76.7 Å². The van der Waals surface area contributed by atoms with Crippen LogP contribution in [0.15, 0.2) is 66.7 Å². The lowest BCUT2D eigenvalue weighted by molar-refractivity contribution is 0.0785. The summed E-state index contributed by atoms with van der Waals surface area (Å²) in [5.74, 6) is 1.50. The zero-order chi connectivity index (χ0) is 24.9. The minimum atomic E-state index is -0.103. The van der Waals surface area contributed by atoms with E-state index in [2.05, 4.69) is 10.2 Å². The van der Waals surface area contributed by atoms with Gasteiger partial charge in [0, 0.05) is 29.7 Å². The van der Waals surface area contributed by atoms with Crippen LogP contribution >= 0.6 is 11.6 Å². The molecule has 1 aromatic heterocycles. The summed E-state index contributed by atoms with van der Waals surface area (Å²) < 4.78 is 16.2. The third kappa shape index (κ3) is 5.25. The summed E-state index contributed by atoms with van der Waals surface area (Å²) >= 11 is 5.97. The number of benzene rings is 3. The Morgan fingerprint density at radius 3 is 2.06 bits per heavy atom. The van der Waals surface area contributed by atoms with Crippen molar-refractivity contribution in [3.63, 3.8) is 0 Å². The molecule has 0 spiro atoms. The van der Waals surface area contributed by atoms with Crippen LogP contribution in [0.2, 0.25) is 5.02 Å². The predicted octanol–water partition coefficient (Wildman–Crippen LogP) is 5.70. The minimum Gasteiger partial charge on any atom is -0.493 e. The van der Waals surface area contributed by atoms with E-state index in [4.69, 9.17) is 25.8 Å². The Kier molecular flexibility index (Phi) is 7.27. The van der Waals surface area contributed by atoms with Crippen molar-refractivity contribution in [2.45, 2.75) is 6.54 Å². The van der Waals surface area contributed by atoms with E-state index in [1.165, 1.54) is 0 Å². The van der Waals surface area contributed by atoms with E-state index in [-0.39, 0.29) is 5.91 Å². The number of nitrogens with one attached hydrogen (secondary N) is 1. The average Bonchev–Trinajstić information content (AvgIpc) is 3.38. The first kappa shape index (κ1) is 24.2. The zero-order valence-electron chi connectivity index (χ0n) is 20.0. The third-order valence-corrected chi connectivity index (χ3v) is 5.90. The van der Waals surface area contributed by atoms with Gasteiger partial charge in [0.2, 0.25) is 5.75 Å². The molecule has 1 amide bonds. The second kappa shape index (κ2) is 10.5. The monoisotopic (exact) mass is 491 g/mol. The number of hydrogen-bond acceptors (Lipinski definition) is 5. The van der Waals surface area contributed by atoms with Crippen LogP contribution in [-0.2, 0) is 6.54 Å². The molecule has 0 fully saturated rings. The maximum absolute atomic E-state index is 13.1.